The molecule has 0 heterocycles. The Morgan fingerprint density at radius 3 is 2.32 bits per heavy atom. The normalized spacial score (nSPS) is 10.8. The summed E-state index contributed by atoms with van der Waals surface area (Å²) >= 11 is 1.78. The van der Waals surface area contributed by atoms with E-state index in [0.717, 1.165) is 0 Å². The van der Waals surface area contributed by atoms with Crippen molar-refractivity contribution in [3.63, 3.8) is 0 Å². The number of hydrogen-bond acceptors (Lipinski definition) is 1. The summed E-state index contributed by atoms with van der Waals surface area (Å²) in [6.07, 6.45) is 2.11. The molecule has 0 N–H and O–H groups in total. The monoisotopic (exact) mass is 264 g/mol. The molecule has 0 amide bonds. The SMILES string of the molecule is CSc1ccc(-c2cc(C)cc3ccccc23)cc1. The van der Waals surface area contributed by atoms with Crippen LogP contribution in [-0.4, -0.2) is 6.26 Å². The molecular weight excluding hydrogens is 248 g/mol. The summed E-state index contributed by atoms with van der Waals surface area (Å²) in [5.41, 5.74) is 3.92. The van der Waals surface area contributed by atoms with Crippen molar-refractivity contribution in [1.29, 1.82) is 0 Å². The fraction of sp³-hybridized carbons (Fsp3) is 0.111. The molecule has 3 rings (SSSR count). The molecule has 3 aromatic rings. The van der Waals surface area contributed by atoms with E-state index in [1.54, 1.807) is 11.8 Å². The largest absolute Gasteiger partial charge is 0.130 e. The van der Waals surface area contributed by atoms with Gasteiger partial charge in [0.25, 0.3) is 0 Å². The van der Waals surface area contributed by atoms with Crippen molar-refractivity contribution in [1.82, 2.24) is 0 Å². The first-order chi connectivity index (χ1) is 9.28. The first kappa shape index (κ1) is 12.3. The van der Waals surface area contributed by atoms with Gasteiger partial charge in [0, 0.05) is 4.90 Å². The van der Waals surface area contributed by atoms with Crippen LogP contribution in [0, 0.1) is 6.92 Å². The second-order valence-electron chi connectivity index (χ2n) is 4.76. The summed E-state index contributed by atoms with van der Waals surface area (Å²) in [7, 11) is 0. The molecule has 0 nitrogen and oxygen atoms in total. The maximum Gasteiger partial charge on any atom is 0.00695 e. The van der Waals surface area contributed by atoms with Gasteiger partial charge in [-0.3, -0.25) is 0 Å². The van der Waals surface area contributed by atoms with Gasteiger partial charge in [-0.15, -0.1) is 11.8 Å². The molecule has 94 valence electrons. The van der Waals surface area contributed by atoms with Crippen molar-refractivity contribution in [2.75, 3.05) is 6.26 Å². The first-order valence-electron chi connectivity index (χ1n) is 6.42. The first-order valence-corrected chi connectivity index (χ1v) is 7.64. The molecule has 1 heteroatoms. The maximum absolute atomic E-state index is 2.27. The Morgan fingerprint density at radius 2 is 1.58 bits per heavy atom. The van der Waals surface area contributed by atoms with Crippen molar-refractivity contribution in [3.05, 3.63) is 66.2 Å². The molecule has 3 aromatic carbocycles. The predicted octanol–water partition coefficient (Wildman–Crippen LogP) is 5.54. The molecule has 0 saturated carbocycles. The van der Waals surface area contributed by atoms with E-state index in [1.807, 2.05) is 0 Å². The van der Waals surface area contributed by atoms with Gasteiger partial charge in [-0.25, -0.2) is 0 Å². The van der Waals surface area contributed by atoms with E-state index < -0.39 is 0 Å². The van der Waals surface area contributed by atoms with E-state index in [9.17, 15) is 0 Å². The van der Waals surface area contributed by atoms with E-state index >= 15 is 0 Å². The molecule has 0 fully saturated rings. The number of rotatable bonds is 2. The van der Waals surface area contributed by atoms with Crippen LogP contribution < -0.4 is 0 Å². The average Bonchev–Trinajstić information content (AvgIpc) is 2.46. The van der Waals surface area contributed by atoms with Crippen LogP contribution in [0.2, 0.25) is 0 Å². The van der Waals surface area contributed by atoms with Crippen molar-refractivity contribution >= 4 is 22.5 Å². The van der Waals surface area contributed by atoms with Crippen molar-refractivity contribution in [2.45, 2.75) is 11.8 Å². The van der Waals surface area contributed by atoms with Crippen LogP contribution in [-0.2, 0) is 0 Å². The van der Waals surface area contributed by atoms with Crippen LogP contribution >= 0.6 is 11.8 Å². The number of aryl methyl sites for hydroxylation is 1. The minimum absolute atomic E-state index is 1.29. The van der Waals surface area contributed by atoms with E-state index in [1.165, 1.54) is 32.4 Å². The molecule has 0 spiro atoms. The molecule has 0 aromatic heterocycles. The summed E-state index contributed by atoms with van der Waals surface area (Å²) < 4.78 is 0. The van der Waals surface area contributed by atoms with Gasteiger partial charge in [-0.1, -0.05) is 48.5 Å². The van der Waals surface area contributed by atoms with Gasteiger partial charge in [0.05, 0.1) is 0 Å². The molecule has 19 heavy (non-hydrogen) atoms. The van der Waals surface area contributed by atoms with E-state index in [0.29, 0.717) is 0 Å². The lowest BCUT2D eigenvalue weighted by Crippen LogP contribution is -1.84. The Morgan fingerprint density at radius 1 is 0.842 bits per heavy atom. The number of fused-ring (bicyclic) bond motifs is 1. The highest BCUT2D eigenvalue weighted by Crippen LogP contribution is 2.31. The topological polar surface area (TPSA) is 0 Å². The summed E-state index contributed by atoms with van der Waals surface area (Å²) in [5.74, 6) is 0. The number of thioether (sulfide) groups is 1. The summed E-state index contributed by atoms with van der Waals surface area (Å²) in [6.45, 7) is 2.16. The molecule has 0 aliphatic heterocycles. The molecular formula is C18H16S. The van der Waals surface area contributed by atoms with Gasteiger partial charge in [0.2, 0.25) is 0 Å². The van der Waals surface area contributed by atoms with Crippen molar-refractivity contribution in [2.24, 2.45) is 0 Å². The van der Waals surface area contributed by atoms with Gasteiger partial charge in [-0.2, -0.15) is 0 Å². The van der Waals surface area contributed by atoms with Crippen LogP contribution in [0.1, 0.15) is 5.56 Å². The summed E-state index contributed by atoms with van der Waals surface area (Å²) in [5, 5.41) is 2.64. The Bertz CT molecular complexity index is 711. The highest BCUT2D eigenvalue weighted by molar-refractivity contribution is 7.98. The smallest absolute Gasteiger partial charge is 0.00695 e. The Labute approximate surface area is 118 Å². The van der Waals surface area contributed by atoms with Crippen LogP contribution in [0.5, 0.6) is 0 Å². The van der Waals surface area contributed by atoms with Gasteiger partial charge >= 0.3 is 0 Å². The van der Waals surface area contributed by atoms with Crippen LogP contribution in [0.15, 0.2) is 65.6 Å². The number of hydrogen-bond donors (Lipinski definition) is 0. The zero-order valence-electron chi connectivity index (χ0n) is 11.2. The van der Waals surface area contributed by atoms with E-state index in [4.69, 9.17) is 0 Å². The molecule has 0 unspecified atom stereocenters. The average molecular weight is 264 g/mol. The van der Waals surface area contributed by atoms with E-state index in [-0.39, 0.29) is 0 Å². The lowest BCUT2D eigenvalue weighted by atomic mass is 9.96. The Kier molecular flexibility index (Phi) is 3.31. The van der Waals surface area contributed by atoms with Crippen LogP contribution in [0.3, 0.4) is 0 Å². The second kappa shape index (κ2) is 5.10. The summed E-state index contributed by atoms with van der Waals surface area (Å²) in [4.78, 5) is 1.31. The fourth-order valence-electron chi connectivity index (χ4n) is 2.47. The third kappa shape index (κ3) is 2.39. The molecule has 0 atom stereocenters. The molecule has 0 saturated heterocycles. The third-order valence-corrected chi connectivity index (χ3v) is 4.15. The van der Waals surface area contributed by atoms with E-state index in [2.05, 4.69) is 73.8 Å². The molecule has 0 bridgehead atoms. The summed E-state index contributed by atoms with van der Waals surface area (Å²) in [6, 6.07) is 21.9. The highest BCUT2D eigenvalue weighted by atomic mass is 32.2. The van der Waals surface area contributed by atoms with Crippen LogP contribution in [0.25, 0.3) is 21.9 Å². The van der Waals surface area contributed by atoms with Crippen molar-refractivity contribution < 1.29 is 0 Å². The van der Waals surface area contributed by atoms with Gasteiger partial charge in [-0.05, 0) is 52.8 Å². The fourth-order valence-corrected chi connectivity index (χ4v) is 2.88. The predicted molar refractivity (Wildman–Crippen MR) is 85.9 cm³/mol. The highest BCUT2D eigenvalue weighted by Gasteiger charge is 2.04. The second-order valence-corrected chi connectivity index (χ2v) is 5.64. The quantitative estimate of drug-likeness (QED) is 0.548. The van der Waals surface area contributed by atoms with Crippen molar-refractivity contribution in [3.8, 4) is 11.1 Å². The zero-order valence-corrected chi connectivity index (χ0v) is 12.0. The Balaban J connectivity index is 2.22. The van der Waals surface area contributed by atoms with Gasteiger partial charge < -0.3 is 0 Å². The third-order valence-electron chi connectivity index (χ3n) is 3.41. The number of benzene rings is 3. The molecule has 0 aliphatic carbocycles. The minimum Gasteiger partial charge on any atom is -0.130 e. The minimum atomic E-state index is 1.29. The van der Waals surface area contributed by atoms with Crippen LogP contribution in [0.4, 0.5) is 0 Å². The van der Waals surface area contributed by atoms with Gasteiger partial charge in [0.15, 0.2) is 0 Å². The zero-order chi connectivity index (χ0) is 13.2. The Hall–Kier alpha value is -1.73. The lowest BCUT2D eigenvalue weighted by molar-refractivity contribution is 1.45. The standard InChI is InChI=1S/C18H16S/c1-13-11-15-5-3-4-6-17(15)18(12-13)14-7-9-16(19-2)10-8-14/h3-12H,1-2H3. The maximum atomic E-state index is 2.27. The molecule has 0 radical (unpaired) electrons. The molecule has 0 aliphatic rings. The van der Waals surface area contributed by atoms with Gasteiger partial charge in [0.1, 0.15) is 0 Å². The lowest BCUT2D eigenvalue weighted by Gasteiger charge is -2.09.